The van der Waals surface area contributed by atoms with Crippen LogP contribution in [0, 0.1) is 0 Å². The van der Waals surface area contributed by atoms with E-state index in [1.165, 1.54) is 7.11 Å². The van der Waals surface area contributed by atoms with E-state index >= 15 is 0 Å². The summed E-state index contributed by atoms with van der Waals surface area (Å²) in [4.78, 5) is 38.1. The Balaban J connectivity index is 1.89. The monoisotopic (exact) mass is 334 g/mol. The summed E-state index contributed by atoms with van der Waals surface area (Å²) in [6, 6.07) is 9.22. The summed E-state index contributed by atoms with van der Waals surface area (Å²) < 4.78 is 9.85. The van der Waals surface area contributed by atoms with Crippen molar-refractivity contribution in [2.45, 2.75) is 25.0 Å². The molecule has 0 radical (unpaired) electrons. The Morgan fingerprint density at radius 3 is 2.54 bits per heavy atom. The van der Waals surface area contributed by atoms with Gasteiger partial charge in [-0.25, -0.2) is 9.59 Å². The lowest BCUT2D eigenvalue weighted by atomic mass is 9.91. The number of rotatable bonds is 6. The summed E-state index contributed by atoms with van der Waals surface area (Å²) in [5.41, 5.74) is -0.470. The van der Waals surface area contributed by atoms with E-state index in [1.54, 1.807) is 11.9 Å². The van der Waals surface area contributed by atoms with E-state index in [9.17, 15) is 14.4 Å². The standard InChI is InChI=1S/C17H22N2O5/c1-19-10-6-9-17(19,15(21)23-2)14(20)11-18-16(22)24-12-13-7-4-3-5-8-13/h3-5,7-8H,6,9-12H2,1-2H3,(H,18,22)/t17-/m1/s1. The topological polar surface area (TPSA) is 84.9 Å². The van der Waals surface area contributed by atoms with E-state index in [1.807, 2.05) is 30.3 Å². The van der Waals surface area contributed by atoms with Crippen molar-refractivity contribution in [3.63, 3.8) is 0 Å². The highest BCUT2D eigenvalue weighted by molar-refractivity contribution is 6.10. The lowest BCUT2D eigenvalue weighted by molar-refractivity contribution is -0.157. The van der Waals surface area contributed by atoms with Gasteiger partial charge in [0.2, 0.25) is 0 Å². The van der Waals surface area contributed by atoms with Crippen LogP contribution in [0.4, 0.5) is 4.79 Å². The van der Waals surface area contributed by atoms with Gasteiger partial charge in [0.05, 0.1) is 13.7 Å². The normalized spacial score (nSPS) is 20.4. The summed E-state index contributed by atoms with van der Waals surface area (Å²) in [5, 5.41) is 2.41. The Morgan fingerprint density at radius 1 is 1.25 bits per heavy atom. The van der Waals surface area contributed by atoms with E-state index in [0.29, 0.717) is 13.0 Å². The first-order valence-electron chi connectivity index (χ1n) is 7.78. The van der Waals surface area contributed by atoms with Crippen LogP contribution in [0.2, 0.25) is 0 Å². The maximum Gasteiger partial charge on any atom is 0.407 e. The van der Waals surface area contributed by atoms with Crippen LogP contribution in [0.1, 0.15) is 18.4 Å². The zero-order valence-electron chi connectivity index (χ0n) is 13.9. The molecule has 0 aliphatic carbocycles. The number of nitrogens with one attached hydrogen (secondary N) is 1. The molecule has 1 aromatic carbocycles. The number of likely N-dealkylation sites (N-methyl/N-ethyl adjacent to an activating group) is 1. The van der Waals surface area contributed by atoms with Gasteiger partial charge in [-0.15, -0.1) is 0 Å². The number of hydrogen-bond acceptors (Lipinski definition) is 6. The quantitative estimate of drug-likeness (QED) is 0.620. The molecule has 0 unspecified atom stereocenters. The molecule has 7 nitrogen and oxygen atoms in total. The van der Waals surface area contributed by atoms with Gasteiger partial charge in [0.25, 0.3) is 0 Å². The van der Waals surface area contributed by atoms with Gasteiger partial charge in [0.1, 0.15) is 6.61 Å². The van der Waals surface area contributed by atoms with E-state index in [-0.39, 0.29) is 13.2 Å². The molecule has 1 saturated heterocycles. The fourth-order valence-electron chi connectivity index (χ4n) is 2.92. The van der Waals surface area contributed by atoms with Crippen LogP contribution in [0.5, 0.6) is 0 Å². The van der Waals surface area contributed by atoms with Crippen LogP contribution in [0.3, 0.4) is 0 Å². The van der Waals surface area contributed by atoms with Crippen molar-refractivity contribution < 1.29 is 23.9 Å². The number of methoxy groups -OCH3 is 1. The molecule has 1 aromatic rings. The van der Waals surface area contributed by atoms with Crippen LogP contribution in [0.15, 0.2) is 30.3 Å². The smallest absolute Gasteiger partial charge is 0.407 e. The van der Waals surface area contributed by atoms with Gasteiger partial charge < -0.3 is 14.8 Å². The minimum absolute atomic E-state index is 0.114. The first-order valence-corrected chi connectivity index (χ1v) is 7.78. The molecule has 7 heteroatoms. The number of ketones is 1. The Bertz CT molecular complexity index is 604. The highest BCUT2D eigenvalue weighted by Gasteiger charge is 2.52. The summed E-state index contributed by atoms with van der Waals surface area (Å²) in [6.07, 6.45) is 0.402. The number of nitrogens with zero attached hydrogens (tertiary/aromatic N) is 1. The van der Waals surface area contributed by atoms with Gasteiger partial charge in [-0.05, 0) is 32.0 Å². The number of Topliss-reactive ketones (excluding diaryl/α,β-unsaturated/α-hetero) is 1. The van der Waals surface area contributed by atoms with Gasteiger partial charge in [-0.3, -0.25) is 9.69 Å². The molecule has 1 amide bonds. The van der Waals surface area contributed by atoms with Crippen molar-refractivity contribution in [2.75, 3.05) is 27.2 Å². The van der Waals surface area contributed by atoms with E-state index in [0.717, 1.165) is 12.0 Å². The van der Waals surface area contributed by atoms with Crippen LogP contribution < -0.4 is 5.32 Å². The summed E-state index contributed by atoms with van der Waals surface area (Å²) in [7, 11) is 2.96. The van der Waals surface area contributed by atoms with E-state index in [2.05, 4.69) is 5.32 Å². The molecule has 1 heterocycles. The predicted octanol–water partition coefficient (Wildman–Crippen LogP) is 1.12. The summed E-state index contributed by atoms with van der Waals surface area (Å²) in [6.45, 7) is 0.454. The second kappa shape index (κ2) is 7.92. The lowest BCUT2D eigenvalue weighted by Crippen LogP contribution is -2.58. The SMILES string of the molecule is COC(=O)[C@]1(C(=O)CNC(=O)OCc2ccccc2)CCCN1C. The molecule has 1 N–H and O–H groups in total. The largest absolute Gasteiger partial charge is 0.467 e. The molecule has 1 aliphatic heterocycles. The zero-order chi connectivity index (χ0) is 17.6. The number of benzene rings is 1. The van der Waals surface area contributed by atoms with Gasteiger partial charge in [-0.1, -0.05) is 30.3 Å². The van der Waals surface area contributed by atoms with Crippen molar-refractivity contribution >= 4 is 17.8 Å². The second-order valence-corrected chi connectivity index (χ2v) is 5.72. The third-order valence-corrected chi connectivity index (χ3v) is 4.27. The average Bonchev–Trinajstić information content (AvgIpc) is 3.00. The van der Waals surface area contributed by atoms with E-state index in [4.69, 9.17) is 9.47 Å². The predicted molar refractivity (Wildman–Crippen MR) is 86.2 cm³/mol. The molecule has 1 aliphatic rings. The highest BCUT2D eigenvalue weighted by Crippen LogP contribution is 2.30. The maximum absolute atomic E-state index is 12.5. The molecule has 0 saturated carbocycles. The van der Waals surface area contributed by atoms with Crippen molar-refractivity contribution in [3.05, 3.63) is 35.9 Å². The molecule has 0 bridgehead atoms. The van der Waals surface area contributed by atoms with Crippen LogP contribution in [-0.4, -0.2) is 55.5 Å². The minimum atomic E-state index is -1.32. The van der Waals surface area contributed by atoms with Crippen LogP contribution in [-0.2, 0) is 25.7 Å². The fourth-order valence-corrected chi connectivity index (χ4v) is 2.92. The molecule has 130 valence electrons. The molecule has 2 rings (SSSR count). The third kappa shape index (κ3) is 3.73. The Kier molecular flexibility index (Phi) is 5.92. The number of hydrogen-bond donors (Lipinski definition) is 1. The van der Waals surface area contributed by atoms with Crippen LogP contribution in [0.25, 0.3) is 0 Å². The summed E-state index contributed by atoms with van der Waals surface area (Å²) >= 11 is 0. The fraction of sp³-hybridized carbons (Fsp3) is 0.471. The number of ether oxygens (including phenoxy) is 2. The van der Waals surface area contributed by atoms with Gasteiger partial charge in [0, 0.05) is 0 Å². The first kappa shape index (κ1) is 17.9. The molecule has 24 heavy (non-hydrogen) atoms. The number of alkyl carbamates (subject to hydrolysis) is 1. The number of likely N-dealkylation sites (tertiary alicyclic amines) is 1. The maximum atomic E-state index is 12.5. The van der Waals surface area contributed by atoms with Gasteiger partial charge >= 0.3 is 12.1 Å². The third-order valence-electron chi connectivity index (χ3n) is 4.27. The molecular weight excluding hydrogens is 312 g/mol. The average molecular weight is 334 g/mol. The number of amides is 1. The van der Waals surface area contributed by atoms with Crippen molar-refractivity contribution in [1.29, 1.82) is 0 Å². The number of carbonyl (C=O) groups is 3. The van der Waals surface area contributed by atoms with Crippen molar-refractivity contribution in [2.24, 2.45) is 0 Å². The minimum Gasteiger partial charge on any atom is -0.467 e. The van der Waals surface area contributed by atoms with E-state index < -0.39 is 23.4 Å². The van der Waals surface area contributed by atoms with Gasteiger partial charge in [0.15, 0.2) is 11.3 Å². The number of esters is 1. The Morgan fingerprint density at radius 2 is 1.96 bits per heavy atom. The zero-order valence-corrected chi connectivity index (χ0v) is 13.9. The number of carbonyl (C=O) groups excluding carboxylic acids is 3. The molecule has 0 spiro atoms. The van der Waals surface area contributed by atoms with Crippen molar-refractivity contribution in [1.82, 2.24) is 10.2 Å². The highest BCUT2D eigenvalue weighted by atomic mass is 16.5. The van der Waals surface area contributed by atoms with Crippen molar-refractivity contribution in [3.8, 4) is 0 Å². The Labute approximate surface area is 140 Å². The summed E-state index contributed by atoms with van der Waals surface area (Å²) in [5.74, 6) is -0.988. The first-order chi connectivity index (χ1) is 11.5. The Hall–Kier alpha value is -2.41. The molecule has 0 aromatic heterocycles. The molecule has 1 atom stereocenters. The second-order valence-electron chi connectivity index (χ2n) is 5.72. The van der Waals surface area contributed by atoms with Crippen LogP contribution >= 0.6 is 0 Å². The van der Waals surface area contributed by atoms with Gasteiger partial charge in [-0.2, -0.15) is 0 Å². The molecular formula is C17H22N2O5. The lowest BCUT2D eigenvalue weighted by Gasteiger charge is -2.31. The molecule has 1 fully saturated rings.